The number of rotatable bonds is 4. The first-order valence-corrected chi connectivity index (χ1v) is 6.49. The van der Waals surface area contributed by atoms with Crippen LogP contribution < -0.4 is 0 Å². The summed E-state index contributed by atoms with van der Waals surface area (Å²) < 4.78 is 1.59. The number of carboxylic acids is 1. The van der Waals surface area contributed by atoms with Gasteiger partial charge in [-0.05, 0) is 12.5 Å². The lowest BCUT2D eigenvalue weighted by Gasteiger charge is -2.41. The Hall–Kier alpha value is -1.85. The van der Waals surface area contributed by atoms with Crippen molar-refractivity contribution in [1.29, 1.82) is 0 Å². The van der Waals surface area contributed by atoms with Crippen molar-refractivity contribution in [2.24, 2.45) is 18.9 Å². The van der Waals surface area contributed by atoms with Crippen LogP contribution in [0.3, 0.4) is 0 Å². The molecule has 1 N–H and O–H groups in total. The first kappa shape index (κ1) is 13.6. The molecule has 6 nitrogen and oxygen atoms in total. The van der Waals surface area contributed by atoms with Crippen molar-refractivity contribution in [1.82, 2.24) is 14.7 Å². The van der Waals surface area contributed by atoms with E-state index in [1.54, 1.807) is 29.6 Å². The number of hydrogen-bond acceptors (Lipinski definition) is 3. The van der Waals surface area contributed by atoms with Gasteiger partial charge in [-0.25, -0.2) is 0 Å². The maximum absolute atomic E-state index is 12.2. The zero-order valence-electron chi connectivity index (χ0n) is 11.5. The lowest BCUT2D eigenvalue weighted by molar-refractivity contribution is -0.144. The highest BCUT2D eigenvalue weighted by Crippen LogP contribution is 2.25. The number of carbonyl (C=O) groups excluding carboxylic acids is 1. The predicted octanol–water partition coefficient (Wildman–Crippen LogP) is 0.775. The van der Waals surface area contributed by atoms with E-state index in [1.807, 2.05) is 6.92 Å². The van der Waals surface area contributed by atoms with Crippen LogP contribution in [0.15, 0.2) is 6.07 Å². The third kappa shape index (κ3) is 2.47. The maximum Gasteiger partial charge on any atom is 0.306 e. The number of aryl methyl sites for hydroxylation is 2. The van der Waals surface area contributed by atoms with Gasteiger partial charge in [-0.2, -0.15) is 5.10 Å². The Bertz CT molecular complexity index is 503. The molecule has 1 aromatic heterocycles. The largest absolute Gasteiger partial charge is 0.481 e. The Labute approximate surface area is 112 Å². The SMILES string of the molecule is CCc1cc(C(=O)N2CC(C(C)C(=O)O)C2)n(C)n1. The molecule has 1 fully saturated rings. The van der Waals surface area contributed by atoms with E-state index in [9.17, 15) is 9.59 Å². The van der Waals surface area contributed by atoms with Crippen LogP contribution in [-0.4, -0.2) is 44.8 Å². The summed E-state index contributed by atoms with van der Waals surface area (Å²) in [5, 5.41) is 13.2. The molecule has 19 heavy (non-hydrogen) atoms. The van der Waals surface area contributed by atoms with Gasteiger partial charge in [-0.15, -0.1) is 0 Å². The van der Waals surface area contributed by atoms with Gasteiger partial charge in [0.1, 0.15) is 5.69 Å². The molecule has 0 aromatic carbocycles. The number of carboxylic acid groups (broad SMARTS) is 1. The van der Waals surface area contributed by atoms with Crippen LogP contribution in [0, 0.1) is 11.8 Å². The summed E-state index contributed by atoms with van der Waals surface area (Å²) in [7, 11) is 1.75. The van der Waals surface area contributed by atoms with Gasteiger partial charge >= 0.3 is 5.97 Å². The molecule has 1 aliphatic heterocycles. The minimum Gasteiger partial charge on any atom is -0.481 e. The minimum atomic E-state index is -0.800. The third-order valence-corrected chi connectivity index (χ3v) is 3.81. The van der Waals surface area contributed by atoms with Gasteiger partial charge in [-0.1, -0.05) is 13.8 Å². The van der Waals surface area contributed by atoms with Gasteiger partial charge < -0.3 is 10.0 Å². The summed E-state index contributed by atoms with van der Waals surface area (Å²) in [6.45, 7) is 4.71. The second-order valence-electron chi connectivity index (χ2n) is 5.10. The summed E-state index contributed by atoms with van der Waals surface area (Å²) in [6, 6.07) is 1.80. The van der Waals surface area contributed by atoms with Gasteiger partial charge in [-0.3, -0.25) is 14.3 Å². The van der Waals surface area contributed by atoms with Crippen molar-refractivity contribution in [2.75, 3.05) is 13.1 Å². The van der Waals surface area contributed by atoms with Crippen LogP contribution >= 0.6 is 0 Å². The molecule has 0 aliphatic carbocycles. The highest BCUT2D eigenvalue weighted by molar-refractivity contribution is 5.93. The van der Waals surface area contributed by atoms with E-state index < -0.39 is 11.9 Å². The molecule has 1 amide bonds. The van der Waals surface area contributed by atoms with Crippen molar-refractivity contribution < 1.29 is 14.7 Å². The van der Waals surface area contributed by atoms with Crippen LogP contribution in [0.5, 0.6) is 0 Å². The molecular weight excluding hydrogens is 246 g/mol. The van der Waals surface area contributed by atoms with Crippen molar-refractivity contribution >= 4 is 11.9 Å². The van der Waals surface area contributed by atoms with Gasteiger partial charge in [0.25, 0.3) is 5.91 Å². The fourth-order valence-corrected chi connectivity index (χ4v) is 2.26. The fraction of sp³-hybridized carbons (Fsp3) is 0.615. The van der Waals surface area contributed by atoms with E-state index in [4.69, 9.17) is 5.11 Å². The maximum atomic E-state index is 12.2. The smallest absolute Gasteiger partial charge is 0.306 e. The molecule has 1 aliphatic rings. The Kier molecular flexibility index (Phi) is 3.59. The van der Waals surface area contributed by atoms with E-state index in [0.717, 1.165) is 12.1 Å². The first-order chi connectivity index (χ1) is 8.93. The average molecular weight is 265 g/mol. The molecule has 2 rings (SSSR count). The fourth-order valence-electron chi connectivity index (χ4n) is 2.26. The van der Waals surface area contributed by atoms with Crippen LogP contribution in [0.2, 0.25) is 0 Å². The first-order valence-electron chi connectivity index (χ1n) is 6.49. The van der Waals surface area contributed by atoms with Gasteiger partial charge in [0.05, 0.1) is 11.6 Å². The molecule has 1 unspecified atom stereocenters. The monoisotopic (exact) mass is 265 g/mol. The van der Waals surface area contributed by atoms with E-state index in [2.05, 4.69) is 5.10 Å². The van der Waals surface area contributed by atoms with Crippen LogP contribution in [0.4, 0.5) is 0 Å². The van der Waals surface area contributed by atoms with Crippen LogP contribution in [0.1, 0.15) is 30.0 Å². The number of aromatic nitrogens is 2. The summed E-state index contributed by atoms with van der Waals surface area (Å²) in [4.78, 5) is 24.8. The quantitative estimate of drug-likeness (QED) is 0.872. The van der Waals surface area contributed by atoms with Crippen molar-refractivity contribution in [3.63, 3.8) is 0 Å². The highest BCUT2D eigenvalue weighted by atomic mass is 16.4. The molecule has 0 saturated carbocycles. The predicted molar refractivity (Wildman–Crippen MR) is 68.8 cm³/mol. The molecular formula is C13H19N3O3. The molecule has 6 heteroatoms. The van der Waals surface area contributed by atoms with E-state index >= 15 is 0 Å². The Morgan fingerprint density at radius 1 is 1.53 bits per heavy atom. The summed E-state index contributed by atoms with van der Waals surface area (Å²) in [5.41, 5.74) is 1.46. The number of likely N-dealkylation sites (tertiary alicyclic amines) is 1. The molecule has 104 valence electrons. The molecule has 0 radical (unpaired) electrons. The normalized spacial score (nSPS) is 17.1. The van der Waals surface area contributed by atoms with Gasteiger partial charge in [0.15, 0.2) is 0 Å². The Balaban J connectivity index is 1.99. The molecule has 0 spiro atoms. The van der Waals surface area contributed by atoms with E-state index in [-0.39, 0.29) is 11.8 Å². The highest BCUT2D eigenvalue weighted by Gasteiger charge is 2.38. The summed E-state index contributed by atoms with van der Waals surface area (Å²) in [5.74, 6) is -1.21. The zero-order chi connectivity index (χ0) is 14.2. The van der Waals surface area contributed by atoms with Crippen molar-refractivity contribution in [3.05, 3.63) is 17.5 Å². The number of carbonyl (C=O) groups is 2. The average Bonchev–Trinajstić information content (AvgIpc) is 2.68. The zero-order valence-corrected chi connectivity index (χ0v) is 11.5. The molecule has 1 aromatic rings. The number of hydrogen-bond donors (Lipinski definition) is 1. The number of amides is 1. The molecule has 2 heterocycles. The number of aliphatic carboxylic acids is 1. The van der Waals surface area contributed by atoms with Gasteiger partial charge in [0, 0.05) is 26.1 Å². The Morgan fingerprint density at radius 2 is 2.16 bits per heavy atom. The lowest BCUT2D eigenvalue weighted by Crippen LogP contribution is -2.53. The molecule has 0 bridgehead atoms. The molecule has 1 saturated heterocycles. The summed E-state index contributed by atoms with van der Waals surface area (Å²) >= 11 is 0. The van der Waals surface area contributed by atoms with Gasteiger partial charge in [0.2, 0.25) is 0 Å². The topological polar surface area (TPSA) is 75.4 Å². The van der Waals surface area contributed by atoms with Crippen molar-refractivity contribution in [2.45, 2.75) is 20.3 Å². The Morgan fingerprint density at radius 3 is 2.63 bits per heavy atom. The second-order valence-corrected chi connectivity index (χ2v) is 5.10. The second kappa shape index (κ2) is 5.03. The van der Waals surface area contributed by atoms with E-state index in [0.29, 0.717) is 18.8 Å². The standard InChI is InChI=1S/C13H19N3O3/c1-4-10-5-11(15(3)14-10)12(17)16-6-9(7-16)8(2)13(18)19/h5,8-9H,4,6-7H2,1-3H3,(H,18,19). The summed E-state index contributed by atoms with van der Waals surface area (Å²) in [6.07, 6.45) is 0.791. The lowest BCUT2D eigenvalue weighted by atomic mass is 9.87. The number of nitrogens with zero attached hydrogens (tertiary/aromatic N) is 3. The van der Waals surface area contributed by atoms with Crippen LogP contribution in [-0.2, 0) is 18.3 Å². The van der Waals surface area contributed by atoms with E-state index in [1.165, 1.54) is 0 Å². The molecule has 1 atom stereocenters. The van der Waals surface area contributed by atoms with Crippen molar-refractivity contribution in [3.8, 4) is 0 Å². The minimum absolute atomic E-state index is 0.0559. The third-order valence-electron chi connectivity index (χ3n) is 3.81. The van der Waals surface area contributed by atoms with Crippen LogP contribution in [0.25, 0.3) is 0 Å².